The first-order valence-corrected chi connectivity index (χ1v) is 11.8. The van der Waals surface area contributed by atoms with Crippen LogP contribution in [0.3, 0.4) is 0 Å². The maximum atomic E-state index is 11.7. The molecule has 2 aliphatic carbocycles. The fourth-order valence-electron chi connectivity index (χ4n) is 4.82. The van der Waals surface area contributed by atoms with E-state index >= 15 is 0 Å². The highest BCUT2D eigenvalue weighted by Gasteiger charge is 2.43. The Morgan fingerprint density at radius 2 is 2.10 bits per heavy atom. The summed E-state index contributed by atoms with van der Waals surface area (Å²) < 4.78 is 6.26. The Hall–Kier alpha value is -1.62. The number of amides is 1. The van der Waals surface area contributed by atoms with E-state index in [9.17, 15) is 10.1 Å². The molecular weight excluding hydrogens is 384 g/mol. The van der Waals surface area contributed by atoms with Crippen molar-refractivity contribution in [3.05, 3.63) is 23.4 Å². The molecule has 7 heteroatoms. The summed E-state index contributed by atoms with van der Waals surface area (Å²) in [5.74, 6) is 1.97. The van der Waals surface area contributed by atoms with Crippen molar-refractivity contribution in [2.75, 3.05) is 26.0 Å². The van der Waals surface area contributed by atoms with Gasteiger partial charge in [-0.25, -0.2) is 4.98 Å². The number of carbonyl (C=O) groups excluding carboxylic acids is 1. The molecule has 0 unspecified atom stereocenters. The standard InChI is InChI=1S/C22H30N4O2S/c1-14(27)24-20-7-17-10-26(11-18(17)8-21(20)28-13-15-3-4-15)12-19-6-5-16(9-23)22(25-19)29-2/h5-6,15,17-18,20-21H,3-4,7-8,10-13H2,1-2H3,(H,24,27)/t17-,18+,20-,21-/m1/s1. The zero-order chi connectivity index (χ0) is 20.4. The first-order chi connectivity index (χ1) is 14.1. The number of thioether (sulfide) groups is 1. The van der Waals surface area contributed by atoms with E-state index in [4.69, 9.17) is 4.74 Å². The molecule has 2 heterocycles. The van der Waals surface area contributed by atoms with Gasteiger partial charge in [0.25, 0.3) is 0 Å². The zero-order valence-corrected chi connectivity index (χ0v) is 18.1. The molecular formula is C22H30N4O2S. The molecule has 0 spiro atoms. The number of pyridine rings is 1. The Balaban J connectivity index is 1.39. The van der Waals surface area contributed by atoms with E-state index in [1.165, 1.54) is 24.6 Å². The number of nitrogens with one attached hydrogen (secondary N) is 1. The minimum Gasteiger partial charge on any atom is -0.376 e. The minimum absolute atomic E-state index is 0.0368. The lowest BCUT2D eigenvalue weighted by atomic mass is 9.77. The number of nitriles is 1. The quantitative estimate of drug-likeness (QED) is 0.691. The third-order valence-electron chi connectivity index (χ3n) is 6.44. The third-order valence-corrected chi connectivity index (χ3v) is 7.14. The number of hydrogen-bond acceptors (Lipinski definition) is 6. The summed E-state index contributed by atoms with van der Waals surface area (Å²) in [6, 6.07) is 6.20. The predicted octanol–water partition coefficient (Wildman–Crippen LogP) is 2.82. The second-order valence-corrected chi connectivity index (χ2v) is 9.57. The van der Waals surface area contributed by atoms with Gasteiger partial charge < -0.3 is 10.1 Å². The summed E-state index contributed by atoms with van der Waals surface area (Å²) in [7, 11) is 0. The Bertz CT molecular complexity index is 792. The van der Waals surface area contributed by atoms with Crippen LogP contribution >= 0.6 is 11.8 Å². The van der Waals surface area contributed by atoms with E-state index in [1.54, 1.807) is 6.92 Å². The smallest absolute Gasteiger partial charge is 0.217 e. The Kier molecular flexibility index (Phi) is 6.43. The van der Waals surface area contributed by atoms with Crippen LogP contribution in [0, 0.1) is 29.1 Å². The summed E-state index contributed by atoms with van der Waals surface area (Å²) in [5.41, 5.74) is 1.66. The number of likely N-dealkylation sites (tertiary alicyclic amines) is 1. The second kappa shape index (κ2) is 9.03. The van der Waals surface area contributed by atoms with Gasteiger partial charge in [-0.3, -0.25) is 9.69 Å². The van der Waals surface area contributed by atoms with Crippen molar-refractivity contribution < 1.29 is 9.53 Å². The minimum atomic E-state index is 0.0368. The van der Waals surface area contributed by atoms with Crippen LogP contribution in [-0.4, -0.2) is 53.9 Å². The summed E-state index contributed by atoms with van der Waals surface area (Å²) in [6.45, 7) is 5.34. The Morgan fingerprint density at radius 3 is 2.76 bits per heavy atom. The molecule has 156 valence electrons. The van der Waals surface area contributed by atoms with Gasteiger partial charge >= 0.3 is 0 Å². The summed E-state index contributed by atoms with van der Waals surface area (Å²) in [6.07, 6.45) is 6.68. The average Bonchev–Trinajstić information content (AvgIpc) is 3.45. The molecule has 3 aliphatic rings. The maximum Gasteiger partial charge on any atom is 0.217 e. The molecule has 1 amide bonds. The van der Waals surface area contributed by atoms with Crippen LogP contribution < -0.4 is 5.32 Å². The SMILES string of the molecule is CSc1nc(CN2C[C@H]3C[C@@H](NC(C)=O)[C@H](OCC4CC4)C[C@H]3C2)ccc1C#N. The van der Waals surface area contributed by atoms with Gasteiger partial charge in [0.2, 0.25) is 5.91 Å². The van der Waals surface area contributed by atoms with E-state index in [1.807, 2.05) is 18.4 Å². The molecule has 3 fully saturated rings. The molecule has 29 heavy (non-hydrogen) atoms. The third kappa shape index (κ3) is 5.11. The van der Waals surface area contributed by atoms with Crippen molar-refractivity contribution in [1.29, 1.82) is 5.26 Å². The number of hydrogen-bond donors (Lipinski definition) is 1. The van der Waals surface area contributed by atoms with Crippen molar-refractivity contribution >= 4 is 17.7 Å². The lowest BCUT2D eigenvalue weighted by Crippen LogP contribution is -2.50. The Morgan fingerprint density at radius 1 is 1.34 bits per heavy atom. The monoisotopic (exact) mass is 414 g/mol. The summed E-state index contributed by atoms with van der Waals surface area (Å²) in [4.78, 5) is 18.9. The molecule has 1 aromatic rings. The molecule has 1 N–H and O–H groups in total. The van der Waals surface area contributed by atoms with E-state index in [0.29, 0.717) is 17.4 Å². The van der Waals surface area contributed by atoms with Gasteiger partial charge in [-0.15, -0.1) is 11.8 Å². The normalized spacial score (nSPS) is 29.3. The first kappa shape index (κ1) is 20.6. The van der Waals surface area contributed by atoms with Crippen molar-refractivity contribution in [1.82, 2.24) is 15.2 Å². The van der Waals surface area contributed by atoms with E-state index in [2.05, 4.69) is 21.3 Å². The molecule has 1 aromatic heterocycles. The summed E-state index contributed by atoms with van der Waals surface area (Å²) in [5, 5.41) is 13.2. The number of fused-ring (bicyclic) bond motifs is 1. The molecule has 1 saturated heterocycles. The van der Waals surface area contributed by atoms with Crippen LogP contribution in [-0.2, 0) is 16.1 Å². The van der Waals surface area contributed by atoms with Gasteiger partial charge in [0, 0.05) is 33.2 Å². The lowest BCUT2D eigenvalue weighted by molar-refractivity contribution is -0.122. The highest BCUT2D eigenvalue weighted by atomic mass is 32.2. The second-order valence-electron chi connectivity index (χ2n) is 8.78. The molecule has 0 bridgehead atoms. The highest BCUT2D eigenvalue weighted by Crippen LogP contribution is 2.39. The number of ether oxygens (including phenoxy) is 1. The predicted molar refractivity (Wildman–Crippen MR) is 112 cm³/mol. The molecule has 1 aliphatic heterocycles. The van der Waals surface area contributed by atoms with Gasteiger partial charge in [-0.2, -0.15) is 5.26 Å². The van der Waals surface area contributed by atoms with E-state index in [-0.39, 0.29) is 18.1 Å². The van der Waals surface area contributed by atoms with Crippen LogP contribution in [0.1, 0.15) is 43.9 Å². The molecule has 6 nitrogen and oxygen atoms in total. The summed E-state index contributed by atoms with van der Waals surface area (Å²) >= 11 is 1.52. The van der Waals surface area contributed by atoms with Crippen molar-refractivity contribution in [2.24, 2.45) is 17.8 Å². The van der Waals surface area contributed by atoms with Crippen LogP contribution in [0.25, 0.3) is 0 Å². The molecule has 4 rings (SSSR count). The zero-order valence-electron chi connectivity index (χ0n) is 17.3. The molecule has 0 aromatic carbocycles. The van der Waals surface area contributed by atoms with Crippen LogP contribution in [0.5, 0.6) is 0 Å². The molecule has 0 radical (unpaired) electrons. The molecule has 4 atom stereocenters. The van der Waals surface area contributed by atoms with Gasteiger partial charge in [0.05, 0.1) is 23.4 Å². The average molecular weight is 415 g/mol. The van der Waals surface area contributed by atoms with Crippen LogP contribution in [0.15, 0.2) is 17.2 Å². The highest BCUT2D eigenvalue weighted by molar-refractivity contribution is 7.98. The van der Waals surface area contributed by atoms with Gasteiger partial charge in [-0.1, -0.05) is 0 Å². The van der Waals surface area contributed by atoms with Crippen molar-refractivity contribution in [2.45, 2.75) is 56.3 Å². The largest absolute Gasteiger partial charge is 0.376 e. The number of carbonyl (C=O) groups is 1. The number of rotatable bonds is 7. The molecule has 2 saturated carbocycles. The topological polar surface area (TPSA) is 78.2 Å². The van der Waals surface area contributed by atoms with Gasteiger partial charge in [0.1, 0.15) is 11.1 Å². The lowest BCUT2D eigenvalue weighted by Gasteiger charge is -2.38. The number of nitrogens with zero attached hydrogens (tertiary/aromatic N) is 3. The fourth-order valence-corrected chi connectivity index (χ4v) is 5.36. The van der Waals surface area contributed by atoms with E-state index < -0.39 is 0 Å². The van der Waals surface area contributed by atoms with Crippen molar-refractivity contribution in [3.63, 3.8) is 0 Å². The van der Waals surface area contributed by atoms with Gasteiger partial charge in [0.15, 0.2) is 0 Å². The fraction of sp³-hybridized carbons (Fsp3) is 0.682. The first-order valence-electron chi connectivity index (χ1n) is 10.6. The van der Waals surface area contributed by atoms with Crippen molar-refractivity contribution in [3.8, 4) is 6.07 Å². The Labute approximate surface area is 177 Å². The number of aromatic nitrogens is 1. The van der Waals surface area contributed by atoms with Gasteiger partial charge in [-0.05, 0) is 61.8 Å². The van der Waals surface area contributed by atoms with Crippen LogP contribution in [0.2, 0.25) is 0 Å². The van der Waals surface area contributed by atoms with E-state index in [0.717, 1.165) is 55.7 Å². The van der Waals surface area contributed by atoms with Crippen LogP contribution in [0.4, 0.5) is 0 Å². The maximum absolute atomic E-state index is 11.7.